The van der Waals surface area contributed by atoms with Crippen molar-refractivity contribution in [1.82, 2.24) is 9.97 Å². The van der Waals surface area contributed by atoms with E-state index < -0.39 is 0 Å². The van der Waals surface area contributed by atoms with Crippen molar-refractivity contribution in [3.05, 3.63) is 17.1 Å². The molecule has 0 unspecified atom stereocenters. The SMILES string of the molecule is COCCc1nc(N)c2c(n1)CSC2. The van der Waals surface area contributed by atoms with Crippen LogP contribution >= 0.6 is 11.8 Å². The number of anilines is 1. The zero-order valence-corrected chi connectivity index (χ0v) is 8.93. The average molecular weight is 211 g/mol. The van der Waals surface area contributed by atoms with Gasteiger partial charge in [-0.2, -0.15) is 11.8 Å². The highest BCUT2D eigenvalue weighted by atomic mass is 32.2. The van der Waals surface area contributed by atoms with Gasteiger partial charge in [-0.3, -0.25) is 0 Å². The summed E-state index contributed by atoms with van der Waals surface area (Å²) >= 11 is 1.84. The lowest BCUT2D eigenvalue weighted by Crippen LogP contribution is -2.07. The zero-order valence-electron chi connectivity index (χ0n) is 8.12. The molecule has 0 amide bonds. The Bertz CT molecular complexity index is 343. The van der Waals surface area contributed by atoms with Gasteiger partial charge in [-0.05, 0) is 0 Å². The second-order valence-electron chi connectivity index (χ2n) is 3.19. The van der Waals surface area contributed by atoms with Crippen molar-refractivity contribution >= 4 is 17.6 Å². The standard InChI is InChI=1S/C9H13N3OS/c1-13-3-2-8-11-7-5-14-4-6(7)9(10)12-8/h2-5H2,1H3,(H2,10,11,12). The summed E-state index contributed by atoms with van der Waals surface area (Å²) in [4.78, 5) is 8.72. The minimum absolute atomic E-state index is 0.644. The molecule has 1 aromatic rings. The van der Waals surface area contributed by atoms with Crippen LogP contribution < -0.4 is 5.73 Å². The van der Waals surface area contributed by atoms with Crippen molar-refractivity contribution < 1.29 is 4.74 Å². The van der Waals surface area contributed by atoms with Crippen LogP contribution in [0, 0.1) is 0 Å². The number of aromatic nitrogens is 2. The van der Waals surface area contributed by atoms with Crippen molar-refractivity contribution in [3.63, 3.8) is 0 Å². The smallest absolute Gasteiger partial charge is 0.133 e. The summed E-state index contributed by atoms with van der Waals surface area (Å²) in [5.74, 6) is 3.35. The van der Waals surface area contributed by atoms with E-state index >= 15 is 0 Å². The molecule has 1 aromatic heterocycles. The maximum absolute atomic E-state index is 5.84. The third-order valence-corrected chi connectivity index (χ3v) is 3.16. The molecule has 2 N–H and O–H groups in total. The van der Waals surface area contributed by atoms with Crippen LogP contribution in [0.15, 0.2) is 0 Å². The maximum atomic E-state index is 5.84. The summed E-state index contributed by atoms with van der Waals surface area (Å²) in [5, 5.41) is 0. The first-order valence-corrected chi connectivity index (χ1v) is 5.67. The number of ether oxygens (including phenoxy) is 1. The molecule has 0 spiro atoms. The van der Waals surface area contributed by atoms with Gasteiger partial charge >= 0.3 is 0 Å². The minimum Gasteiger partial charge on any atom is -0.384 e. The van der Waals surface area contributed by atoms with Gasteiger partial charge in [0, 0.05) is 30.6 Å². The summed E-state index contributed by atoms with van der Waals surface area (Å²) in [6.45, 7) is 0.644. The summed E-state index contributed by atoms with van der Waals surface area (Å²) in [7, 11) is 1.67. The van der Waals surface area contributed by atoms with Crippen molar-refractivity contribution in [1.29, 1.82) is 0 Å². The average Bonchev–Trinajstić information content (AvgIpc) is 2.63. The van der Waals surface area contributed by atoms with Gasteiger partial charge in [0.05, 0.1) is 12.3 Å². The Morgan fingerprint density at radius 3 is 3.07 bits per heavy atom. The van der Waals surface area contributed by atoms with Crippen molar-refractivity contribution in [2.75, 3.05) is 19.5 Å². The molecule has 0 aliphatic carbocycles. The molecule has 0 atom stereocenters. The normalized spacial score (nSPS) is 14.4. The fraction of sp³-hybridized carbons (Fsp3) is 0.556. The fourth-order valence-electron chi connectivity index (χ4n) is 1.43. The third-order valence-electron chi connectivity index (χ3n) is 2.19. The van der Waals surface area contributed by atoms with E-state index in [0.29, 0.717) is 12.4 Å². The van der Waals surface area contributed by atoms with Gasteiger partial charge in [-0.15, -0.1) is 0 Å². The van der Waals surface area contributed by atoms with E-state index in [4.69, 9.17) is 10.5 Å². The predicted octanol–water partition coefficient (Wildman–Crippen LogP) is 0.995. The largest absolute Gasteiger partial charge is 0.384 e. The predicted molar refractivity (Wildman–Crippen MR) is 57.0 cm³/mol. The molecular formula is C9H13N3OS. The molecule has 0 radical (unpaired) electrons. The van der Waals surface area contributed by atoms with E-state index in [1.165, 1.54) is 0 Å². The van der Waals surface area contributed by atoms with E-state index in [0.717, 1.165) is 35.0 Å². The molecule has 0 fully saturated rings. The number of hydrogen-bond donors (Lipinski definition) is 1. The van der Waals surface area contributed by atoms with Gasteiger partial charge < -0.3 is 10.5 Å². The van der Waals surface area contributed by atoms with E-state index in [2.05, 4.69) is 9.97 Å². The molecule has 0 bridgehead atoms. The highest BCUT2D eigenvalue weighted by Crippen LogP contribution is 2.31. The topological polar surface area (TPSA) is 61.0 Å². The first-order chi connectivity index (χ1) is 6.81. The summed E-state index contributed by atoms with van der Waals surface area (Å²) < 4.78 is 4.98. The summed E-state index contributed by atoms with van der Waals surface area (Å²) in [6, 6.07) is 0. The molecule has 1 aliphatic heterocycles. The van der Waals surface area contributed by atoms with Crippen molar-refractivity contribution in [3.8, 4) is 0 Å². The number of rotatable bonds is 3. The van der Waals surface area contributed by atoms with Crippen LogP contribution in [0.4, 0.5) is 5.82 Å². The minimum atomic E-state index is 0.644. The van der Waals surface area contributed by atoms with Gasteiger partial charge in [-0.1, -0.05) is 0 Å². The molecule has 5 heteroatoms. The number of fused-ring (bicyclic) bond motifs is 1. The monoisotopic (exact) mass is 211 g/mol. The van der Waals surface area contributed by atoms with Gasteiger partial charge in [0.25, 0.3) is 0 Å². The lowest BCUT2D eigenvalue weighted by Gasteiger charge is -2.05. The molecule has 14 heavy (non-hydrogen) atoms. The van der Waals surface area contributed by atoms with E-state index in [9.17, 15) is 0 Å². The number of methoxy groups -OCH3 is 1. The van der Waals surface area contributed by atoms with Crippen LogP contribution in [0.2, 0.25) is 0 Å². The molecule has 0 aromatic carbocycles. The lowest BCUT2D eigenvalue weighted by atomic mass is 10.2. The lowest BCUT2D eigenvalue weighted by molar-refractivity contribution is 0.200. The number of nitrogens with two attached hydrogens (primary N) is 1. The number of thioether (sulfide) groups is 1. The second kappa shape index (κ2) is 4.14. The molecule has 4 nitrogen and oxygen atoms in total. The Balaban J connectivity index is 2.23. The van der Waals surface area contributed by atoms with Crippen LogP contribution in [0.1, 0.15) is 17.1 Å². The zero-order chi connectivity index (χ0) is 9.97. The molecule has 1 aliphatic rings. The van der Waals surface area contributed by atoms with Gasteiger partial charge in [0.15, 0.2) is 0 Å². The Morgan fingerprint density at radius 2 is 2.29 bits per heavy atom. The van der Waals surface area contributed by atoms with E-state index in [1.54, 1.807) is 7.11 Å². The maximum Gasteiger partial charge on any atom is 0.133 e. The number of nitrogen functional groups attached to an aromatic ring is 1. The summed E-state index contributed by atoms with van der Waals surface area (Å²) in [6.07, 6.45) is 0.735. The molecule has 76 valence electrons. The molecule has 2 rings (SSSR count). The molecule has 0 saturated heterocycles. The van der Waals surface area contributed by atoms with Crippen LogP contribution in [0.5, 0.6) is 0 Å². The molecule has 0 saturated carbocycles. The van der Waals surface area contributed by atoms with Gasteiger partial charge in [-0.25, -0.2) is 9.97 Å². The quantitative estimate of drug-likeness (QED) is 0.808. The highest BCUT2D eigenvalue weighted by molar-refractivity contribution is 7.98. The number of nitrogens with zero attached hydrogens (tertiary/aromatic N) is 2. The van der Waals surface area contributed by atoms with Crippen molar-refractivity contribution in [2.24, 2.45) is 0 Å². The first kappa shape index (κ1) is 9.73. The van der Waals surface area contributed by atoms with Crippen LogP contribution in [0.25, 0.3) is 0 Å². The summed E-state index contributed by atoms with van der Waals surface area (Å²) in [5.41, 5.74) is 8.07. The molecular weight excluding hydrogens is 198 g/mol. The second-order valence-corrected chi connectivity index (χ2v) is 4.17. The highest BCUT2D eigenvalue weighted by Gasteiger charge is 2.17. The van der Waals surface area contributed by atoms with Crippen LogP contribution in [-0.2, 0) is 22.7 Å². The van der Waals surface area contributed by atoms with Gasteiger partial charge in [0.2, 0.25) is 0 Å². The van der Waals surface area contributed by atoms with E-state index in [1.807, 2.05) is 11.8 Å². The van der Waals surface area contributed by atoms with Crippen molar-refractivity contribution in [2.45, 2.75) is 17.9 Å². The van der Waals surface area contributed by atoms with Crippen LogP contribution in [0.3, 0.4) is 0 Å². The Kier molecular flexibility index (Phi) is 2.88. The Labute approximate surface area is 87.3 Å². The number of hydrogen-bond acceptors (Lipinski definition) is 5. The third kappa shape index (κ3) is 1.83. The molecule has 2 heterocycles. The van der Waals surface area contributed by atoms with Crippen LogP contribution in [-0.4, -0.2) is 23.7 Å². The van der Waals surface area contributed by atoms with Gasteiger partial charge in [0.1, 0.15) is 11.6 Å². The van der Waals surface area contributed by atoms with E-state index in [-0.39, 0.29) is 0 Å². The fourth-order valence-corrected chi connectivity index (χ4v) is 2.49. The Hall–Kier alpha value is -0.810. The first-order valence-electron chi connectivity index (χ1n) is 4.52. The Morgan fingerprint density at radius 1 is 1.43 bits per heavy atom.